The molecular weight excluding hydrogens is 368 g/mol. The van der Waals surface area contributed by atoms with E-state index in [0.29, 0.717) is 18.5 Å². The number of benzene rings is 1. The molecular formula is C22H28N4O3. The van der Waals surface area contributed by atoms with Gasteiger partial charge in [0.25, 0.3) is 5.91 Å². The Bertz CT molecular complexity index is 850. The van der Waals surface area contributed by atoms with E-state index in [1.54, 1.807) is 4.90 Å². The lowest BCUT2D eigenvalue weighted by molar-refractivity contribution is -0.136. The van der Waals surface area contributed by atoms with Gasteiger partial charge in [0.2, 0.25) is 11.8 Å². The molecule has 3 amide bonds. The molecule has 154 valence electrons. The molecule has 0 aliphatic carbocycles. The van der Waals surface area contributed by atoms with Gasteiger partial charge in [-0.05, 0) is 67.9 Å². The molecule has 0 radical (unpaired) electrons. The third-order valence-electron chi connectivity index (χ3n) is 7.02. The van der Waals surface area contributed by atoms with Crippen molar-refractivity contribution in [2.75, 3.05) is 26.2 Å². The van der Waals surface area contributed by atoms with Crippen molar-refractivity contribution in [2.45, 2.75) is 44.8 Å². The Morgan fingerprint density at radius 2 is 1.93 bits per heavy atom. The fourth-order valence-electron chi connectivity index (χ4n) is 5.22. The number of hydrogen-bond donors (Lipinski definition) is 2. The van der Waals surface area contributed by atoms with Crippen LogP contribution in [0.15, 0.2) is 18.2 Å². The summed E-state index contributed by atoms with van der Waals surface area (Å²) in [5.74, 6) is 0.904. The van der Waals surface area contributed by atoms with Gasteiger partial charge < -0.3 is 10.2 Å². The molecule has 7 heteroatoms. The summed E-state index contributed by atoms with van der Waals surface area (Å²) < 4.78 is 0. The van der Waals surface area contributed by atoms with Gasteiger partial charge in [-0.3, -0.25) is 24.6 Å². The lowest BCUT2D eigenvalue weighted by Crippen LogP contribution is -2.52. The highest BCUT2D eigenvalue weighted by Crippen LogP contribution is 2.30. The van der Waals surface area contributed by atoms with Crippen LogP contribution in [-0.4, -0.2) is 59.7 Å². The Morgan fingerprint density at radius 1 is 1.07 bits per heavy atom. The van der Waals surface area contributed by atoms with Crippen LogP contribution in [0.4, 0.5) is 0 Å². The normalized spacial score (nSPS) is 28.3. The quantitative estimate of drug-likeness (QED) is 0.739. The van der Waals surface area contributed by atoms with E-state index in [0.717, 1.165) is 55.7 Å². The van der Waals surface area contributed by atoms with Crippen molar-refractivity contribution in [3.05, 3.63) is 34.9 Å². The fourth-order valence-corrected chi connectivity index (χ4v) is 5.22. The zero-order valence-corrected chi connectivity index (χ0v) is 16.7. The van der Waals surface area contributed by atoms with Crippen LogP contribution in [-0.2, 0) is 22.7 Å². The summed E-state index contributed by atoms with van der Waals surface area (Å²) in [7, 11) is 0. The number of imide groups is 1. The second-order valence-electron chi connectivity index (χ2n) is 8.95. The maximum atomic E-state index is 13.0. The van der Waals surface area contributed by atoms with Crippen LogP contribution in [0, 0.1) is 11.8 Å². The topological polar surface area (TPSA) is 81.8 Å². The summed E-state index contributed by atoms with van der Waals surface area (Å²) in [4.78, 5) is 40.7. The number of rotatable bonds is 4. The maximum Gasteiger partial charge on any atom is 0.255 e. The minimum Gasteiger partial charge on any atom is -0.322 e. The molecule has 0 saturated carbocycles. The van der Waals surface area contributed by atoms with Gasteiger partial charge in [0.05, 0.1) is 0 Å². The number of amides is 3. The minimum atomic E-state index is -0.546. The Morgan fingerprint density at radius 3 is 2.69 bits per heavy atom. The van der Waals surface area contributed by atoms with E-state index in [1.165, 1.54) is 12.8 Å². The first kappa shape index (κ1) is 18.8. The van der Waals surface area contributed by atoms with Crippen LogP contribution in [0.25, 0.3) is 0 Å². The molecule has 5 rings (SSSR count). The average Bonchev–Trinajstić information content (AvgIpc) is 2.97. The average molecular weight is 396 g/mol. The highest BCUT2D eigenvalue weighted by Gasteiger charge is 2.39. The zero-order chi connectivity index (χ0) is 20.0. The van der Waals surface area contributed by atoms with E-state index in [1.807, 2.05) is 12.1 Å². The molecule has 1 aromatic carbocycles. The first-order valence-corrected chi connectivity index (χ1v) is 10.8. The van der Waals surface area contributed by atoms with Gasteiger partial charge >= 0.3 is 0 Å². The zero-order valence-electron chi connectivity index (χ0n) is 16.7. The molecule has 7 nitrogen and oxygen atoms in total. The van der Waals surface area contributed by atoms with Crippen molar-refractivity contribution in [1.82, 2.24) is 20.4 Å². The molecule has 2 N–H and O–H groups in total. The molecule has 3 fully saturated rings. The molecule has 29 heavy (non-hydrogen) atoms. The van der Waals surface area contributed by atoms with Gasteiger partial charge in [-0.1, -0.05) is 12.1 Å². The maximum absolute atomic E-state index is 13.0. The lowest BCUT2D eigenvalue weighted by Gasteiger charge is -2.41. The van der Waals surface area contributed by atoms with Gasteiger partial charge in [-0.25, -0.2) is 0 Å². The highest BCUT2D eigenvalue weighted by molar-refractivity contribution is 6.05. The first-order valence-electron chi connectivity index (χ1n) is 10.8. The molecule has 0 spiro atoms. The SMILES string of the molecule is O=C1CCC(N2Cc3ccc(CN4CCCC(C5CNC5)C4)cc3C2=O)C(=O)N1. The van der Waals surface area contributed by atoms with E-state index >= 15 is 0 Å². The number of nitrogens with zero attached hydrogens (tertiary/aromatic N) is 2. The van der Waals surface area contributed by atoms with E-state index in [-0.39, 0.29) is 24.1 Å². The number of nitrogens with one attached hydrogen (secondary N) is 2. The van der Waals surface area contributed by atoms with Gasteiger partial charge in [0, 0.05) is 31.6 Å². The summed E-state index contributed by atoms with van der Waals surface area (Å²) in [6.45, 7) is 5.88. The van der Waals surface area contributed by atoms with E-state index < -0.39 is 6.04 Å². The summed E-state index contributed by atoms with van der Waals surface area (Å²) in [5, 5.41) is 5.74. The predicted molar refractivity (Wildman–Crippen MR) is 107 cm³/mol. The van der Waals surface area contributed by atoms with Crippen molar-refractivity contribution in [3.63, 3.8) is 0 Å². The standard InChI is InChI=1S/C22H28N4O3/c27-20-6-5-19(21(28)24-20)26-13-16-4-3-14(8-18(16)22(26)29)11-25-7-1-2-15(12-25)17-9-23-10-17/h3-4,8,15,17,19,23H,1-2,5-7,9-13H2,(H,24,27,28). The van der Waals surface area contributed by atoms with E-state index in [2.05, 4.69) is 21.6 Å². The van der Waals surface area contributed by atoms with Crippen LogP contribution in [0.2, 0.25) is 0 Å². The number of carbonyl (C=O) groups is 3. The number of likely N-dealkylation sites (tertiary alicyclic amines) is 1. The largest absolute Gasteiger partial charge is 0.322 e. The van der Waals surface area contributed by atoms with Crippen LogP contribution >= 0.6 is 0 Å². The van der Waals surface area contributed by atoms with E-state index in [9.17, 15) is 14.4 Å². The van der Waals surface area contributed by atoms with Crippen molar-refractivity contribution in [3.8, 4) is 0 Å². The summed E-state index contributed by atoms with van der Waals surface area (Å²) in [6.07, 6.45) is 3.26. The van der Waals surface area contributed by atoms with Crippen molar-refractivity contribution in [2.24, 2.45) is 11.8 Å². The van der Waals surface area contributed by atoms with Crippen LogP contribution in [0.1, 0.15) is 47.2 Å². The molecule has 4 aliphatic rings. The summed E-state index contributed by atoms with van der Waals surface area (Å²) in [6, 6.07) is 5.62. The van der Waals surface area contributed by atoms with Crippen molar-refractivity contribution in [1.29, 1.82) is 0 Å². The molecule has 2 atom stereocenters. The first-order chi connectivity index (χ1) is 14.1. The Labute approximate surface area is 170 Å². The van der Waals surface area contributed by atoms with Crippen LogP contribution in [0.3, 0.4) is 0 Å². The molecule has 2 unspecified atom stereocenters. The number of piperidine rings is 2. The van der Waals surface area contributed by atoms with Gasteiger partial charge in [-0.15, -0.1) is 0 Å². The number of hydrogen-bond acceptors (Lipinski definition) is 5. The van der Waals surface area contributed by atoms with Gasteiger partial charge in [-0.2, -0.15) is 0 Å². The molecule has 0 aromatic heterocycles. The molecule has 3 saturated heterocycles. The van der Waals surface area contributed by atoms with Crippen LogP contribution < -0.4 is 10.6 Å². The smallest absolute Gasteiger partial charge is 0.255 e. The highest BCUT2D eigenvalue weighted by atomic mass is 16.2. The molecule has 1 aromatic rings. The summed E-state index contributed by atoms with van der Waals surface area (Å²) in [5.41, 5.74) is 2.85. The second-order valence-corrected chi connectivity index (χ2v) is 8.95. The Hall–Kier alpha value is -2.25. The van der Waals surface area contributed by atoms with Gasteiger partial charge in [0.1, 0.15) is 6.04 Å². The number of carbonyl (C=O) groups excluding carboxylic acids is 3. The molecule has 4 heterocycles. The Balaban J connectivity index is 1.26. The fraction of sp³-hybridized carbons (Fsp3) is 0.591. The van der Waals surface area contributed by atoms with Crippen molar-refractivity contribution < 1.29 is 14.4 Å². The second kappa shape index (κ2) is 7.54. The predicted octanol–water partition coefficient (Wildman–Crippen LogP) is 0.879. The summed E-state index contributed by atoms with van der Waals surface area (Å²) >= 11 is 0. The minimum absolute atomic E-state index is 0.0894. The Kier molecular flexibility index (Phi) is 4.87. The third-order valence-corrected chi connectivity index (χ3v) is 7.02. The monoisotopic (exact) mass is 396 g/mol. The van der Waals surface area contributed by atoms with E-state index in [4.69, 9.17) is 0 Å². The molecule has 0 bridgehead atoms. The number of fused-ring (bicyclic) bond motifs is 1. The molecule has 4 aliphatic heterocycles. The van der Waals surface area contributed by atoms with Crippen molar-refractivity contribution >= 4 is 17.7 Å². The third kappa shape index (κ3) is 3.57. The lowest BCUT2D eigenvalue weighted by atomic mass is 9.82. The van der Waals surface area contributed by atoms with Gasteiger partial charge in [0.15, 0.2) is 0 Å². The van der Waals surface area contributed by atoms with Crippen LogP contribution in [0.5, 0.6) is 0 Å².